The van der Waals surface area contributed by atoms with Gasteiger partial charge in [-0.15, -0.1) is 0 Å². The third-order valence-corrected chi connectivity index (χ3v) is 6.14. The van der Waals surface area contributed by atoms with Crippen molar-refractivity contribution in [3.8, 4) is 11.4 Å². The number of aromatic nitrogens is 4. The van der Waals surface area contributed by atoms with Gasteiger partial charge >= 0.3 is 12.3 Å². The first-order valence-corrected chi connectivity index (χ1v) is 11.1. The first kappa shape index (κ1) is 23.3. The van der Waals surface area contributed by atoms with E-state index in [1.165, 1.54) is 18.3 Å². The van der Waals surface area contributed by atoms with E-state index >= 15 is 0 Å². The highest BCUT2D eigenvalue weighted by Crippen LogP contribution is 2.34. The van der Waals surface area contributed by atoms with Crippen LogP contribution in [0.4, 0.5) is 29.5 Å². The van der Waals surface area contributed by atoms with E-state index in [-0.39, 0.29) is 36.8 Å². The summed E-state index contributed by atoms with van der Waals surface area (Å²) in [5.41, 5.74) is 0.906. The predicted octanol–water partition coefficient (Wildman–Crippen LogP) is 2.90. The van der Waals surface area contributed by atoms with E-state index in [1.54, 1.807) is 12.1 Å². The number of aliphatic hydroxyl groups excluding tert-OH is 1. The summed E-state index contributed by atoms with van der Waals surface area (Å²) in [4.78, 5) is 23.6. The van der Waals surface area contributed by atoms with E-state index in [0.29, 0.717) is 35.5 Å². The minimum atomic E-state index is -4.48. The standard InChI is InChI=1S/C22H23F3N6O4/c23-22(24,25)12-31-20-17(9-26-31)19(29-10-15-5-6-16(11-29)35-15)27-18(28-20)13-1-3-14(4-2-13)30(7-8-32)21(33)34/h1-4,9,15-16,32H,5-8,10-12H2,(H,33,34). The van der Waals surface area contributed by atoms with Crippen molar-refractivity contribution in [2.45, 2.75) is 37.8 Å². The van der Waals surface area contributed by atoms with Gasteiger partial charge in [0.05, 0.1) is 36.9 Å². The second-order valence-electron chi connectivity index (χ2n) is 8.59. The molecule has 1 amide bonds. The molecular weight excluding hydrogens is 469 g/mol. The van der Waals surface area contributed by atoms with Crippen LogP contribution in [-0.4, -0.2) is 80.7 Å². The number of benzene rings is 1. The Labute approximate surface area is 197 Å². The molecule has 2 atom stereocenters. The van der Waals surface area contributed by atoms with Gasteiger partial charge in [-0.05, 0) is 37.1 Å². The van der Waals surface area contributed by atoms with Gasteiger partial charge in [0, 0.05) is 24.3 Å². The lowest BCUT2D eigenvalue weighted by atomic mass is 10.1. The summed E-state index contributed by atoms with van der Waals surface area (Å²) in [7, 11) is 0. The SMILES string of the molecule is O=C(O)N(CCO)c1ccc(-c2nc(N3CC4CCC(C3)O4)c3cnn(CC(F)(F)F)c3n2)cc1. The Morgan fingerprint density at radius 2 is 1.83 bits per heavy atom. The fourth-order valence-corrected chi connectivity index (χ4v) is 4.61. The van der Waals surface area contributed by atoms with E-state index in [4.69, 9.17) is 14.8 Å². The van der Waals surface area contributed by atoms with Crippen LogP contribution in [0.5, 0.6) is 0 Å². The molecule has 2 aliphatic rings. The number of alkyl halides is 3. The Balaban J connectivity index is 1.57. The number of carboxylic acid groups (broad SMARTS) is 1. The van der Waals surface area contributed by atoms with Gasteiger partial charge < -0.3 is 19.8 Å². The molecule has 2 N–H and O–H groups in total. The molecule has 10 nitrogen and oxygen atoms in total. The van der Waals surface area contributed by atoms with Crippen molar-refractivity contribution >= 4 is 28.6 Å². The van der Waals surface area contributed by atoms with Crippen molar-refractivity contribution in [3.63, 3.8) is 0 Å². The fraction of sp³-hybridized carbons (Fsp3) is 0.455. The van der Waals surface area contributed by atoms with Crippen molar-refractivity contribution in [1.82, 2.24) is 19.7 Å². The molecule has 2 bridgehead atoms. The van der Waals surface area contributed by atoms with E-state index in [9.17, 15) is 23.1 Å². The minimum absolute atomic E-state index is 0.0419. The third-order valence-electron chi connectivity index (χ3n) is 6.14. The van der Waals surface area contributed by atoms with Gasteiger partial charge in [-0.25, -0.2) is 19.4 Å². The summed E-state index contributed by atoms with van der Waals surface area (Å²) in [6.45, 7) is -0.589. The number of rotatable bonds is 6. The average molecular weight is 492 g/mol. The molecule has 0 saturated carbocycles. The quantitative estimate of drug-likeness (QED) is 0.540. The van der Waals surface area contributed by atoms with Crippen molar-refractivity contribution < 1.29 is 32.9 Å². The van der Waals surface area contributed by atoms with E-state index < -0.39 is 18.8 Å². The third kappa shape index (κ3) is 4.73. The van der Waals surface area contributed by atoms with Crippen LogP contribution in [0.15, 0.2) is 30.5 Å². The van der Waals surface area contributed by atoms with Crippen LogP contribution >= 0.6 is 0 Å². The van der Waals surface area contributed by atoms with Crippen LogP contribution < -0.4 is 9.80 Å². The molecule has 5 rings (SSSR count). The highest BCUT2D eigenvalue weighted by Gasteiger charge is 2.36. The maximum Gasteiger partial charge on any atom is 0.411 e. The summed E-state index contributed by atoms with van der Waals surface area (Å²) >= 11 is 0. The normalized spacial score (nSPS) is 19.9. The first-order chi connectivity index (χ1) is 16.7. The van der Waals surface area contributed by atoms with E-state index in [2.05, 4.69) is 10.1 Å². The molecule has 3 aromatic rings. The number of halogens is 3. The van der Waals surface area contributed by atoms with Crippen LogP contribution in [0.25, 0.3) is 22.4 Å². The zero-order valence-electron chi connectivity index (χ0n) is 18.5. The number of hydrogen-bond acceptors (Lipinski definition) is 7. The lowest BCUT2D eigenvalue weighted by Gasteiger charge is -2.33. The van der Waals surface area contributed by atoms with Gasteiger partial charge in [0.2, 0.25) is 0 Å². The number of carbonyl (C=O) groups is 1. The van der Waals surface area contributed by atoms with Crippen LogP contribution in [-0.2, 0) is 11.3 Å². The van der Waals surface area contributed by atoms with Gasteiger partial charge in [0.15, 0.2) is 11.5 Å². The van der Waals surface area contributed by atoms with E-state index in [0.717, 1.165) is 22.4 Å². The Morgan fingerprint density at radius 3 is 2.43 bits per heavy atom. The molecule has 13 heteroatoms. The second kappa shape index (κ2) is 8.96. The number of hydrogen-bond donors (Lipinski definition) is 2. The molecule has 35 heavy (non-hydrogen) atoms. The lowest BCUT2D eigenvalue weighted by Crippen LogP contribution is -2.43. The van der Waals surface area contributed by atoms with Crippen molar-refractivity contribution in [2.75, 3.05) is 36.0 Å². The van der Waals surface area contributed by atoms with Gasteiger partial charge in [0.1, 0.15) is 12.4 Å². The van der Waals surface area contributed by atoms with Crippen molar-refractivity contribution in [2.24, 2.45) is 0 Å². The van der Waals surface area contributed by atoms with Gasteiger partial charge in [-0.1, -0.05) is 0 Å². The maximum absolute atomic E-state index is 13.2. The number of morpholine rings is 1. The fourth-order valence-electron chi connectivity index (χ4n) is 4.61. The number of nitrogens with zero attached hydrogens (tertiary/aromatic N) is 6. The predicted molar refractivity (Wildman–Crippen MR) is 119 cm³/mol. The maximum atomic E-state index is 13.2. The summed E-state index contributed by atoms with van der Waals surface area (Å²) < 4.78 is 46.3. The van der Waals surface area contributed by atoms with Crippen molar-refractivity contribution in [1.29, 1.82) is 0 Å². The number of fused-ring (bicyclic) bond motifs is 3. The summed E-state index contributed by atoms with van der Waals surface area (Å²) in [6.07, 6.45) is -2.40. The van der Waals surface area contributed by atoms with Crippen LogP contribution in [0.1, 0.15) is 12.8 Å². The first-order valence-electron chi connectivity index (χ1n) is 11.1. The number of aliphatic hydroxyl groups is 1. The summed E-state index contributed by atoms with van der Waals surface area (Å²) in [6, 6.07) is 6.27. The Kier molecular flexibility index (Phi) is 5.97. The molecule has 2 aliphatic heterocycles. The molecule has 2 saturated heterocycles. The Bertz CT molecular complexity index is 1220. The molecule has 4 heterocycles. The molecule has 186 valence electrons. The average Bonchev–Trinajstić information content (AvgIpc) is 3.37. The smallest absolute Gasteiger partial charge is 0.411 e. The largest absolute Gasteiger partial charge is 0.465 e. The highest BCUT2D eigenvalue weighted by molar-refractivity contribution is 5.89. The molecule has 2 aromatic heterocycles. The summed E-state index contributed by atoms with van der Waals surface area (Å²) in [5, 5.41) is 22.9. The molecule has 0 aliphatic carbocycles. The Hall–Kier alpha value is -3.45. The summed E-state index contributed by atoms with van der Waals surface area (Å²) in [5.74, 6) is 0.695. The molecule has 2 unspecified atom stereocenters. The molecular formula is C22H23F3N6O4. The monoisotopic (exact) mass is 492 g/mol. The number of ether oxygens (including phenoxy) is 1. The number of amides is 1. The number of anilines is 2. The van der Waals surface area contributed by atoms with Crippen LogP contribution in [0, 0.1) is 0 Å². The minimum Gasteiger partial charge on any atom is -0.465 e. The van der Waals surface area contributed by atoms with Crippen LogP contribution in [0.3, 0.4) is 0 Å². The van der Waals surface area contributed by atoms with Gasteiger partial charge in [0.25, 0.3) is 0 Å². The van der Waals surface area contributed by atoms with E-state index in [1.807, 2.05) is 4.90 Å². The zero-order chi connectivity index (χ0) is 24.7. The van der Waals surface area contributed by atoms with Gasteiger partial charge in [-0.3, -0.25) is 4.90 Å². The van der Waals surface area contributed by atoms with Crippen molar-refractivity contribution in [3.05, 3.63) is 30.5 Å². The lowest BCUT2D eigenvalue weighted by molar-refractivity contribution is -0.141. The second-order valence-corrected chi connectivity index (χ2v) is 8.59. The highest BCUT2D eigenvalue weighted by atomic mass is 19.4. The molecule has 1 aromatic carbocycles. The molecule has 0 spiro atoms. The Morgan fingerprint density at radius 1 is 1.14 bits per heavy atom. The topological polar surface area (TPSA) is 117 Å². The van der Waals surface area contributed by atoms with Gasteiger partial charge in [-0.2, -0.15) is 18.3 Å². The molecule has 0 radical (unpaired) electrons. The van der Waals surface area contributed by atoms with Crippen LogP contribution in [0.2, 0.25) is 0 Å². The zero-order valence-corrected chi connectivity index (χ0v) is 18.5. The molecule has 2 fully saturated rings.